The van der Waals surface area contributed by atoms with E-state index in [0.717, 1.165) is 12.3 Å². The van der Waals surface area contributed by atoms with Crippen LogP contribution in [-0.2, 0) is 9.53 Å². The Hall–Kier alpha value is -2.19. The van der Waals surface area contributed by atoms with Crippen molar-refractivity contribution in [2.75, 3.05) is 12.3 Å². The fourth-order valence-corrected chi connectivity index (χ4v) is 1.37. The van der Waals surface area contributed by atoms with Crippen molar-refractivity contribution in [3.63, 3.8) is 0 Å². The van der Waals surface area contributed by atoms with Gasteiger partial charge in [-0.1, -0.05) is 0 Å². The maximum absolute atomic E-state index is 11.3. The first-order valence-electron chi connectivity index (χ1n) is 5.40. The number of carboxylic acid groups (broad SMARTS) is 1. The normalized spacial score (nSPS) is 13.6. The van der Waals surface area contributed by atoms with Gasteiger partial charge in [-0.05, 0) is 13.0 Å². The number of pyridine rings is 1. The Morgan fingerprint density at radius 2 is 2.11 bits per heavy atom. The molecule has 2 unspecified atom stereocenters. The largest absolute Gasteiger partial charge is 0.478 e. The molecule has 0 aliphatic heterocycles. The Bertz CT molecular complexity index is 490. The van der Waals surface area contributed by atoms with E-state index in [0.29, 0.717) is 0 Å². The summed E-state index contributed by atoms with van der Waals surface area (Å²) in [6, 6.07) is 1.04. The number of hydrogen-bond acceptors (Lipinski definition) is 7. The molecule has 0 amide bonds. The minimum atomic E-state index is -1.87. The minimum Gasteiger partial charge on any atom is -0.478 e. The van der Waals surface area contributed by atoms with Gasteiger partial charge in [-0.3, -0.25) is 0 Å². The number of carbonyl (C=O) groups is 2. The molecule has 0 radical (unpaired) electrons. The van der Waals surface area contributed by atoms with Crippen LogP contribution in [0.1, 0.15) is 28.9 Å². The molecule has 1 aromatic rings. The molecule has 1 heterocycles. The Balaban J connectivity index is 3.04. The first-order valence-corrected chi connectivity index (χ1v) is 5.40. The van der Waals surface area contributed by atoms with E-state index in [1.165, 1.54) is 6.92 Å². The second-order valence-corrected chi connectivity index (χ2v) is 3.65. The molecule has 0 saturated heterocycles. The zero-order chi connectivity index (χ0) is 14.6. The Kier molecular flexibility index (Phi) is 4.79. The summed E-state index contributed by atoms with van der Waals surface area (Å²) >= 11 is 0. The average molecular weight is 270 g/mol. The summed E-state index contributed by atoms with van der Waals surface area (Å²) in [5.74, 6) is -2.48. The molecule has 0 aliphatic carbocycles. The molecule has 8 nitrogen and oxygen atoms in total. The van der Waals surface area contributed by atoms with Crippen LogP contribution in [0.5, 0.6) is 0 Å². The van der Waals surface area contributed by atoms with Gasteiger partial charge in [-0.2, -0.15) is 0 Å². The van der Waals surface area contributed by atoms with Crippen molar-refractivity contribution in [1.29, 1.82) is 0 Å². The number of carbonyl (C=O) groups excluding carboxylic acids is 1. The van der Waals surface area contributed by atoms with E-state index in [2.05, 4.69) is 9.72 Å². The SMILES string of the molecule is CCOC(=O)C(O)C(O)c1cc(C(=O)O)cnc1N. The number of anilines is 1. The van der Waals surface area contributed by atoms with Crippen LogP contribution in [0.3, 0.4) is 0 Å². The first kappa shape index (κ1) is 14.9. The number of rotatable bonds is 5. The van der Waals surface area contributed by atoms with Gasteiger partial charge in [0, 0.05) is 11.8 Å². The van der Waals surface area contributed by atoms with Crippen molar-refractivity contribution < 1.29 is 29.6 Å². The highest BCUT2D eigenvalue weighted by Gasteiger charge is 2.29. The van der Waals surface area contributed by atoms with Crippen LogP contribution >= 0.6 is 0 Å². The number of aliphatic hydroxyl groups excluding tert-OH is 2. The molecule has 0 spiro atoms. The monoisotopic (exact) mass is 270 g/mol. The molecule has 2 atom stereocenters. The van der Waals surface area contributed by atoms with Gasteiger partial charge in [0.15, 0.2) is 6.10 Å². The van der Waals surface area contributed by atoms with E-state index in [9.17, 15) is 19.8 Å². The summed E-state index contributed by atoms with van der Waals surface area (Å²) in [6.45, 7) is 1.57. The summed E-state index contributed by atoms with van der Waals surface area (Å²) in [7, 11) is 0. The maximum atomic E-state index is 11.3. The first-order chi connectivity index (χ1) is 8.88. The molecular formula is C11H14N2O6. The minimum absolute atomic E-state index is 0.0332. The molecule has 0 saturated carbocycles. The standard InChI is InChI=1S/C11H14N2O6/c1-2-19-11(18)8(15)7(14)6-3-5(10(16)17)4-13-9(6)12/h3-4,7-8,14-15H,2H2,1H3,(H2,12,13)(H,16,17). The Morgan fingerprint density at radius 3 is 2.63 bits per heavy atom. The second kappa shape index (κ2) is 6.12. The molecule has 1 rings (SSSR count). The van der Waals surface area contributed by atoms with Crippen molar-refractivity contribution in [2.45, 2.75) is 19.1 Å². The zero-order valence-corrected chi connectivity index (χ0v) is 10.1. The number of nitrogens with two attached hydrogens (primary N) is 1. The van der Waals surface area contributed by atoms with Crippen LogP contribution in [0.4, 0.5) is 5.82 Å². The van der Waals surface area contributed by atoms with Crippen molar-refractivity contribution in [1.82, 2.24) is 4.98 Å². The number of carboxylic acids is 1. The van der Waals surface area contributed by atoms with Crippen LogP contribution in [0.15, 0.2) is 12.3 Å². The van der Waals surface area contributed by atoms with E-state index < -0.39 is 24.1 Å². The number of hydrogen-bond donors (Lipinski definition) is 4. The van der Waals surface area contributed by atoms with Crippen molar-refractivity contribution in [3.05, 3.63) is 23.4 Å². The fourth-order valence-electron chi connectivity index (χ4n) is 1.37. The summed E-state index contributed by atoms with van der Waals surface area (Å²) < 4.78 is 4.54. The van der Waals surface area contributed by atoms with E-state index in [1.807, 2.05) is 0 Å². The van der Waals surface area contributed by atoms with E-state index in [1.54, 1.807) is 0 Å². The summed E-state index contributed by atoms with van der Waals surface area (Å²) in [5, 5.41) is 28.2. The number of nitrogens with zero attached hydrogens (tertiary/aromatic N) is 1. The van der Waals surface area contributed by atoms with Gasteiger partial charge in [0.05, 0.1) is 12.2 Å². The number of esters is 1. The van der Waals surface area contributed by atoms with Crippen molar-refractivity contribution in [2.24, 2.45) is 0 Å². The third-order valence-corrected chi connectivity index (χ3v) is 2.34. The highest BCUT2D eigenvalue weighted by atomic mass is 16.5. The number of aromatic carboxylic acids is 1. The smallest absolute Gasteiger partial charge is 0.338 e. The van der Waals surface area contributed by atoms with Crippen molar-refractivity contribution in [3.8, 4) is 0 Å². The van der Waals surface area contributed by atoms with Gasteiger partial charge in [-0.15, -0.1) is 0 Å². The lowest BCUT2D eigenvalue weighted by Crippen LogP contribution is -2.30. The van der Waals surface area contributed by atoms with Gasteiger partial charge in [-0.25, -0.2) is 14.6 Å². The number of ether oxygens (including phenoxy) is 1. The van der Waals surface area contributed by atoms with Gasteiger partial charge in [0.2, 0.25) is 0 Å². The zero-order valence-electron chi connectivity index (χ0n) is 10.1. The third-order valence-electron chi connectivity index (χ3n) is 2.34. The Morgan fingerprint density at radius 1 is 1.47 bits per heavy atom. The molecule has 0 fully saturated rings. The van der Waals surface area contributed by atoms with Crippen LogP contribution in [0.25, 0.3) is 0 Å². The molecule has 8 heteroatoms. The number of nitrogen functional groups attached to an aromatic ring is 1. The summed E-state index contributed by atoms with van der Waals surface area (Å²) in [6.07, 6.45) is -2.58. The highest BCUT2D eigenvalue weighted by Crippen LogP contribution is 2.23. The molecule has 1 aromatic heterocycles. The number of aliphatic hydroxyl groups is 2. The topological polar surface area (TPSA) is 143 Å². The number of aromatic nitrogens is 1. The van der Waals surface area contributed by atoms with Crippen LogP contribution in [0.2, 0.25) is 0 Å². The van der Waals surface area contributed by atoms with Gasteiger partial charge < -0.3 is 25.8 Å². The van der Waals surface area contributed by atoms with Crippen LogP contribution < -0.4 is 5.73 Å². The predicted octanol–water partition coefficient (Wildman–Crippen LogP) is -0.681. The van der Waals surface area contributed by atoms with Crippen LogP contribution in [0, 0.1) is 0 Å². The summed E-state index contributed by atoms with van der Waals surface area (Å²) in [4.78, 5) is 25.6. The molecule has 0 aliphatic rings. The van der Waals surface area contributed by atoms with Gasteiger partial charge in [0.25, 0.3) is 0 Å². The molecule has 19 heavy (non-hydrogen) atoms. The third kappa shape index (κ3) is 3.39. The Labute approximate surface area is 108 Å². The molecular weight excluding hydrogens is 256 g/mol. The summed E-state index contributed by atoms with van der Waals surface area (Å²) in [5.41, 5.74) is 5.10. The van der Waals surface area contributed by atoms with E-state index >= 15 is 0 Å². The lowest BCUT2D eigenvalue weighted by molar-refractivity contribution is -0.159. The second-order valence-electron chi connectivity index (χ2n) is 3.65. The maximum Gasteiger partial charge on any atom is 0.338 e. The van der Waals surface area contributed by atoms with E-state index in [-0.39, 0.29) is 23.6 Å². The fraction of sp³-hybridized carbons (Fsp3) is 0.364. The molecule has 0 aromatic carbocycles. The lowest BCUT2D eigenvalue weighted by atomic mass is 10.0. The molecule has 5 N–H and O–H groups in total. The van der Waals surface area contributed by atoms with Crippen LogP contribution in [-0.4, -0.2) is 45.0 Å². The van der Waals surface area contributed by atoms with Gasteiger partial charge in [0.1, 0.15) is 11.9 Å². The molecule has 104 valence electrons. The van der Waals surface area contributed by atoms with Crippen molar-refractivity contribution >= 4 is 17.8 Å². The van der Waals surface area contributed by atoms with E-state index in [4.69, 9.17) is 10.8 Å². The van der Waals surface area contributed by atoms with Gasteiger partial charge >= 0.3 is 11.9 Å². The highest BCUT2D eigenvalue weighted by molar-refractivity contribution is 5.88. The average Bonchev–Trinajstić information content (AvgIpc) is 2.37. The molecule has 0 bridgehead atoms. The predicted molar refractivity (Wildman–Crippen MR) is 63.2 cm³/mol. The quantitative estimate of drug-likeness (QED) is 0.515. The lowest BCUT2D eigenvalue weighted by Gasteiger charge is -2.18.